The fraction of sp³-hybridized carbons (Fsp3) is 0.389. The second kappa shape index (κ2) is 7.05. The number of methoxy groups -OCH3 is 1. The number of hydrogen-bond acceptors (Lipinski definition) is 7. The molecule has 27 heavy (non-hydrogen) atoms. The first kappa shape index (κ1) is 18.1. The largest absolute Gasteiger partial charge is 0.494 e. The zero-order valence-electron chi connectivity index (χ0n) is 14.6. The van der Waals surface area contributed by atoms with E-state index in [0.29, 0.717) is 34.5 Å². The molecule has 0 radical (unpaired) electrons. The zero-order valence-corrected chi connectivity index (χ0v) is 15.4. The van der Waals surface area contributed by atoms with Crippen LogP contribution in [0.1, 0.15) is 23.9 Å². The molecule has 0 saturated carbocycles. The van der Waals surface area contributed by atoms with Crippen molar-refractivity contribution in [1.82, 2.24) is 9.97 Å². The number of thioether (sulfide) groups is 1. The predicted molar refractivity (Wildman–Crippen MR) is 97.5 cm³/mol. The lowest BCUT2D eigenvalue weighted by Crippen LogP contribution is -2.48. The number of rotatable bonds is 3. The average Bonchev–Trinajstić information content (AvgIpc) is 2.67. The Morgan fingerprint density at radius 2 is 2.07 bits per heavy atom. The summed E-state index contributed by atoms with van der Waals surface area (Å²) in [6.07, 6.45) is 3.37. The summed E-state index contributed by atoms with van der Waals surface area (Å²) in [5, 5.41) is 0.373. The summed E-state index contributed by atoms with van der Waals surface area (Å²) in [6, 6.07) is 3.53. The minimum Gasteiger partial charge on any atom is -0.494 e. The Hall–Kier alpha value is -2.26. The summed E-state index contributed by atoms with van der Waals surface area (Å²) < 4.78 is 39.1. The van der Waals surface area contributed by atoms with E-state index in [0.717, 1.165) is 6.07 Å². The van der Waals surface area contributed by atoms with Crippen molar-refractivity contribution in [2.24, 2.45) is 16.6 Å². The molecule has 3 heterocycles. The van der Waals surface area contributed by atoms with Gasteiger partial charge in [0.05, 0.1) is 26.1 Å². The maximum atomic E-state index is 14.6. The number of benzene rings is 1. The summed E-state index contributed by atoms with van der Waals surface area (Å²) in [6.45, 7) is 0.113. The maximum Gasteiger partial charge on any atom is 0.157 e. The van der Waals surface area contributed by atoms with E-state index >= 15 is 0 Å². The van der Waals surface area contributed by atoms with Crippen LogP contribution in [-0.2, 0) is 10.3 Å². The number of nitrogens with two attached hydrogens (primary N) is 1. The third-order valence-electron chi connectivity index (χ3n) is 4.99. The number of halogens is 2. The van der Waals surface area contributed by atoms with Crippen LogP contribution in [0.3, 0.4) is 0 Å². The van der Waals surface area contributed by atoms with Crippen LogP contribution in [0.15, 0.2) is 35.6 Å². The van der Waals surface area contributed by atoms with Crippen molar-refractivity contribution in [3.05, 3.63) is 53.6 Å². The van der Waals surface area contributed by atoms with Gasteiger partial charge in [-0.25, -0.2) is 23.7 Å². The fourth-order valence-electron chi connectivity index (χ4n) is 3.59. The van der Waals surface area contributed by atoms with Crippen molar-refractivity contribution in [1.29, 1.82) is 0 Å². The molecule has 2 aromatic rings. The van der Waals surface area contributed by atoms with Gasteiger partial charge in [-0.2, -0.15) is 0 Å². The number of aliphatic imine (C=N–C) groups is 1. The Morgan fingerprint density at radius 3 is 2.78 bits per heavy atom. The van der Waals surface area contributed by atoms with Gasteiger partial charge in [-0.15, -0.1) is 0 Å². The molecule has 0 amide bonds. The molecule has 0 spiro atoms. The van der Waals surface area contributed by atoms with Crippen LogP contribution in [0.25, 0.3) is 0 Å². The minimum absolute atomic E-state index is 0.0563. The summed E-state index contributed by atoms with van der Waals surface area (Å²) in [5.74, 6) is 0.416. The summed E-state index contributed by atoms with van der Waals surface area (Å²) in [5.41, 5.74) is 5.27. The van der Waals surface area contributed by atoms with Crippen LogP contribution in [0.5, 0.6) is 5.75 Å². The van der Waals surface area contributed by atoms with Crippen molar-refractivity contribution in [2.45, 2.75) is 18.1 Å². The summed E-state index contributed by atoms with van der Waals surface area (Å²) >= 11 is 1.42. The van der Waals surface area contributed by atoms with Crippen molar-refractivity contribution in [3.63, 3.8) is 0 Å². The second-order valence-corrected chi connectivity index (χ2v) is 7.56. The third kappa shape index (κ3) is 3.25. The van der Waals surface area contributed by atoms with Crippen molar-refractivity contribution < 1.29 is 18.3 Å². The molecule has 1 aromatic carbocycles. The Kier molecular flexibility index (Phi) is 4.73. The van der Waals surface area contributed by atoms with E-state index in [-0.39, 0.29) is 18.6 Å². The second-order valence-electron chi connectivity index (χ2n) is 6.52. The molecule has 1 fully saturated rings. The van der Waals surface area contributed by atoms with Gasteiger partial charge in [-0.3, -0.25) is 0 Å². The Bertz CT molecular complexity index is 880. The van der Waals surface area contributed by atoms with Gasteiger partial charge in [0.2, 0.25) is 0 Å². The van der Waals surface area contributed by atoms with Crippen molar-refractivity contribution in [2.75, 3.05) is 19.5 Å². The minimum atomic E-state index is -0.976. The van der Waals surface area contributed by atoms with E-state index in [1.807, 2.05) is 0 Å². The first-order valence-electron chi connectivity index (χ1n) is 8.43. The van der Waals surface area contributed by atoms with Gasteiger partial charge >= 0.3 is 0 Å². The average molecular weight is 392 g/mol. The molecule has 2 aliphatic heterocycles. The standard InChI is InChI=1S/C18H18F2N4O2S/c1-25-12-6-22-16(23-7-12)15-4-10-8-27-17(21)24-18(10,9-26-15)13-3-2-11(19)5-14(13)20/h2-3,5-7,10,15H,4,8-9H2,1H3,(H2,21,24)/t10?,15?,18-/m0/s1. The van der Waals surface area contributed by atoms with Crippen LogP contribution in [0, 0.1) is 17.6 Å². The highest BCUT2D eigenvalue weighted by Gasteiger charge is 2.50. The third-order valence-corrected chi connectivity index (χ3v) is 5.95. The molecule has 2 N–H and O–H groups in total. The van der Waals surface area contributed by atoms with Gasteiger partial charge in [0.15, 0.2) is 16.7 Å². The van der Waals surface area contributed by atoms with Crippen LogP contribution >= 0.6 is 11.8 Å². The molecule has 1 aromatic heterocycles. The molecule has 142 valence electrons. The van der Waals surface area contributed by atoms with Crippen LogP contribution in [0.4, 0.5) is 8.78 Å². The van der Waals surface area contributed by atoms with Gasteiger partial charge in [-0.05, 0) is 12.5 Å². The van der Waals surface area contributed by atoms with Gasteiger partial charge in [-0.1, -0.05) is 17.8 Å². The number of ether oxygens (including phenoxy) is 2. The Labute approximate surface area is 159 Å². The number of nitrogens with zero attached hydrogens (tertiary/aromatic N) is 3. The molecule has 4 rings (SSSR count). The number of hydrogen-bond donors (Lipinski definition) is 1. The molecule has 6 nitrogen and oxygen atoms in total. The van der Waals surface area contributed by atoms with E-state index in [1.165, 1.54) is 23.9 Å². The van der Waals surface area contributed by atoms with Crippen LogP contribution in [-0.4, -0.2) is 34.6 Å². The molecular weight excluding hydrogens is 374 g/mol. The SMILES string of the molecule is COc1cnc(C2CC3CSC(N)=N[C@@]3(c3ccc(F)cc3F)CO2)nc1. The number of amidine groups is 1. The topological polar surface area (TPSA) is 82.6 Å². The van der Waals surface area contributed by atoms with E-state index in [1.54, 1.807) is 19.5 Å². The molecule has 9 heteroatoms. The molecule has 0 bridgehead atoms. The molecule has 2 unspecified atom stereocenters. The van der Waals surface area contributed by atoms with E-state index in [9.17, 15) is 8.78 Å². The molecule has 3 atom stereocenters. The first-order valence-corrected chi connectivity index (χ1v) is 9.41. The fourth-order valence-corrected chi connectivity index (χ4v) is 4.60. The number of aromatic nitrogens is 2. The van der Waals surface area contributed by atoms with Crippen LogP contribution < -0.4 is 10.5 Å². The molecule has 0 aliphatic carbocycles. The Morgan fingerprint density at radius 1 is 1.30 bits per heavy atom. The normalized spacial score (nSPS) is 27.6. The number of fused-ring (bicyclic) bond motifs is 1. The lowest BCUT2D eigenvalue weighted by molar-refractivity contribution is -0.0626. The first-order chi connectivity index (χ1) is 13.0. The Balaban J connectivity index is 1.68. The van der Waals surface area contributed by atoms with Crippen LogP contribution in [0.2, 0.25) is 0 Å². The molecule has 2 aliphatic rings. The van der Waals surface area contributed by atoms with Crippen molar-refractivity contribution >= 4 is 16.9 Å². The molecular formula is C18H18F2N4O2S. The van der Waals surface area contributed by atoms with Crippen molar-refractivity contribution in [3.8, 4) is 5.75 Å². The quantitative estimate of drug-likeness (QED) is 0.865. The maximum absolute atomic E-state index is 14.6. The van der Waals surface area contributed by atoms with E-state index in [2.05, 4.69) is 15.0 Å². The highest BCUT2D eigenvalue weighted by molar-refractivity contribution is 8.13. The summed E-state index contributed by atoms with van der Waals surface area (Å²) in [7, 11) is 1.54. The lowest BCUT2D eigenvalue weighted by atomic mass is 9.75. The summed E-state index contributed by atoms with van der Waals surface area (Å²) in [4.78, 5) is 13.2. The van der Waals surface area contributed by atoms with E-state index < -0.39 is 17.2 Å². The van der Waals surface area contributed by atoms with Gasteiger partial charge < -0.3 is 15.2 Å². The highest BCUT2D eigenvalue weighted by atomic mass is 32.2. The van der Waals surface area contributed by atoms with E-state index in [4.69, 9.17) is 15.2 Å². The lowest BCUT2D eigenvalue weighted by Gasteiger charge is -2.45. The predicted octanol–water partition coefficient (Wildman–Crippen LogP) is 2.80. The zero-order chi connectivity index (χ0) is 19.0. The van der Waals surface area contributed by atoms with Gasteiger partial charge in [0, 0.05) is 23.3 Å². The smallest absolute Gasteiger partial charge is 0.157 e. The molecule has 1 saturated heterocycles. The highest BCUT2D eigenvalue weighted by Crippen LogP contribution is 2.49. The van der Waals surface area contributed by atoms with Gasteiger partial charge in [0.1, 0.15) is 23.3 Å². The van der Waals surface area contributed by atoms with Gasteiger partial charge in [0.25, 0.3) is 0 Å². The monoisotopic (exact) mass is 392 g/mol.